The fraction of sp³-hybridized carbons (Fsp3) is 0.391. The number of rotatable bonds is 4. The second kappa shape index (κ2) is 7.32. The molecule has 0 radical (unpaired) electrons. The molecule has 30 heavy (non-hydrogen) atoms. The summed E-state index contributed by atoms with van der Waals surface area (Å²) in [4.78, 5) is 0. The molecule has 0 bridgehead atoms. The molecule has 0 fully saturated rings. The lowest BCUT2D eigenvalue weighted by Crippen LogP contribution is -2.29. The van der Waals surface area contributed by atoms with Crippen molar-refractivity contribution in [3.63, 3.8) is 0 Å². The van der Waals surface area contributed by atoms with E-state index in [1.54, 1.807) is 35.4 Å². The molecule has 1 heterocycles. The molecule has 0 amide bonds. The van der Waals surface area contributed by atoms with Crippen LogP contribution in [-0.2, 0) is 6.42 Å². The molecule has 2 aliphatic rings. The van der Waals surface area contributed by atoms with Crippen LogP contribution in [0.3, 0.4) is 0 Å². The van der Waals surface area contributed by atoms with E-state index in [9.17, 15) is 5.11 Å². The third-order valence-corrected chi connectivity index (χ3v) is 5.77. The molecule has 160 valence electrons. The highest BCUT2D eigenvalue weighted by Crippen LogP contribution is 2.56. The van der Waals surface area contributed by atoms with Gasteiger partial charge in [-0.3, -0.25) is 0 Å². The Bertz CT molecular complexity index is 1040. The highest BCUT2D eigenvalue weighted by molar-refractivity contribution is 5.92. The van der Waals surface area contributed by atoms with Crippen molar-refractivity contribution < 1.29 is 33.5 Å². The standard InChI is InChI=1S/C23H26O7/c1-12-7-13-8-15(25-3)19(26-4)21(27-5)17(13)18-14(10-23(12,2)24)9-16-20(22(18)28-6)30-11-29-16/h7-9,24H,10-11H2,1-6H3/b12-7-/t23-/m1/s1. The minimum absolute atomic E-state index is 0.109. The molecular formula is C23H26O7. The van der Waals surface area contributed by atoms with Crippen LogP contribution in [-0.4, -0.2) is 45.9 Å². The molecule has 1 N–H and O–H groups in total. The fourth-order valence-electron chi connectivity index (χ4n) is 4.12. The minimum Gasteiger partial charge on any atom is -0.493 e. The van der Waals surface area contributed by atoms with E-state index in [0.717, 1.165) is 27.8 Å². The van der Waals surface area contributed by atoms with Crippen molar-refractivity contribution in [3.8, 4) is 45.6 Å². The van der Waals surface area contributed by atoms with E-state index in [1.165, 1.54) is 0 Å². The number of methoxy groups -OCH3 is 4. The second-order valence-corrected chi connectivity index (χ2v) is 7.57. The van der Waals surface area contributed by atoms with Crippen molar-refractivity contribution in [1.82, 2.24) is 0 Å². The fourth-order valence-corrected chi connectivity index (χ4v) is 4.12. The van der Waals surface area contributed by atoms with Crippen molar-refractivity contribution in [2.24, 2.45) is 0 Å². The molecule has 0 saturated heterocycles. The van der Waals surface area contributed by atoms with Gasteiger partial charge in [0.05, 0.1) is 34.0 Å². The molecule has 4 rings (SSSR count). The maximum atomic E-state index is 11.2. The summed E-state index contributed by atoms with van der Waals surface area (Å²) in [6, 6.07) is 3.77. The first kappa shape index (κ1) is 20.2. The van der Waals surface area contributed by atoms with E-state index in [4.69, 9.17) is 28.4 Å². The van der Waals surface area contributed by atoms with Gasteiger partial charge in [0, 0.05) is 17.5 Å². The first-order valence-electron chi connectivity index (χ1n) is 9.60. The molecule has 2 aromatic carbocycles. The molecule has 0 saturated carbocycles. The average Bonchev–Trinajstić information content (AvgIpc) is 3.19. The molecule has 2 aromatic rings. The summed E-state index contributed by atoms with van der Waals surface area (Å²) in [6.45, 7) is 3.81. The molecule has 7 heteroatoms. The topological polar surface area (TPSA) is 75.6 Å². The Kier molecular flexibility index (Phi) is 4.94. The average molecular weight is 414 g/mol. The van der Waals surface area contributed by atoms with Gasteiger partial charge in [-0.25, -0.2) is 0 Å². The van der Waals surface area contributed by atoms with Crippen LogP contribution in [0.1, 0.15) is 25.0 Å². The first-order valence-corrected chi connectivity index (χ1v) is 9.60. The lowest BCUT2D eigenvalue weighted by molar-refractivity contribution is 0.100. The Hall–Kier alpha value is -3.06. The van der Waals surface area contributed by atoms with Crippen LogP contribution in [0.15, 0.2) is 17.7 Å². The predicted molar refractivity (Wildman–Crippen MR) is 112 cm³/mol. The molecule has 1 aliphatic carbocycles. The van der Waals surface area contributed by atoms with E-state index in [-0.39, 0.29) is 6.79 Å². The van der Waals surface area contributed by atoms with Crippen LogP contribution in [0.2, 0.25) is 0 Å². The van der Waals surface area contributed by atoms with E-state index < -0.39 is 5.60 Å². The van der Waals surface area contributed by atoms with Gasteiger partial charge in [-0.05, 0) is 42.7 Å². The summed E-state index contributed by atoms with van der Waals surface area (Å²) in [6.07, 6.45) is 2.29. The summed E-state index contributed by atoms with van der Waals surface area (Å²) >= 11 is 0. The van der Waals surface area contributed by atoms with Gasteiger partial charge in [-0.15, -0.1) is 0 Å². The lowest BCUT2D eigenvalue weighted by Gasteiger charge is -2.31. The van der Waals surface area contributed by atoms with E-state index >= 15 is 0 Å². The van der Waals surface area contributed by atoms with Crippen molar-refractivity contribution in [2.75, 3.05) is 35.2 Å². The Balaban J connectivity index is 2.19. The zero-order chi connectivity index (χ0) is 21.6. The molecule has 1 atom stereocenters. The Labute approximate surface area is 175 Å². The zero-order valence-electron chi connectivity index (χ0n) is 18.0. The number of fused-ring (bicyclic) bond motifs is 4. The number of hydrogen-bond donors (Lipinski definition) is 1. The normalized spacial score (nSPS) is 20.8. The number of benzene rings is 2. The van der Waals surface area contributed by atoms with Gasteiger partial charge in [0.1, 0.15) is 0 Å². The molecule has 0 spiro atoms. The maximum Gasteiger partial charge on any atom is 0.231 e. The number of hydrogen-bond acceptors (Lipinski definition) is 7. The summed E-state index contributed by atoms with van der Waals surface area (Å²) in [5, 5.41) is 11.2. The van der Waals surface area contributed by atoms with Crippen LogP contribution < -0.4 is 28.4 Å². The van der Waals surface area contributed by atoms with Crippen LogP contribution >= 0.6 is 0 Å². The number of aliphatic hydroxyl groups is 1. The van der Waals surface area contributed by atoms with Gasteiger partial charge in [-0.2, -0.15) is 0 Å². The highest BCUT2D eigenvalue weighted by atomic mass is 16.7. The SMILES string of the molecule is COc1cc2c(c(OC)c1OC)-c1c(cc3c(c1OC)OCO3)C[C@@](C)(O)/C(C)=C\2. The highest BCUT2D eigenvalue weighted by Gasteiger charge is 2.36. The van der Waals surface area contributed by atoms with Crippen molar-refractivity contribution in [2.45, 2.75) is 25.9 Å². The maximum absolute atomic E-state index is 11.2. The Morgan fingerprint density at radius 2 is 1.60 bits per heavy atom. The summed E-state index contributed by atoms with van der Waals surface area (Å²) in [5.41, 5.74) is 2.92. The van der Waals surface area contributed by atoms with Gasteiger partial charge in [0.2, 0.25) is 18.3 Å². The third-order valence-electron chi connectivity index (χ3n) is 5.77. The van der Waals surface area contributed by atoms with Gasteiger partial charge in [0.25, 0.3) is 0 Å². The molecule has 0 unspecified atom stereocenters. The van der Waals surface area contributed by atoms with Crippen LogP contribution in [0.25, 0.3) is 17.2 Å². The van der Waals surface area contributed by atoms with Crippen LogP contribution in [0, 0.1) is 0 Å². The zero-order valence-corrected chi connectivity index (χ0v) is 18.0. The lowest BCUT2D eigenvalue weighted by atomic mass is 9.80. The Morgan fingerprint density at radius 1 is 0.900 bits per heavy atom. The Morgan fingerprint density at radius 3 is 2.23 bits per heavy atom. The van der Waals surface area contributed by atoms with Gasteiger partial charge in [0.15, 0.2) is 23.0 Å². The van der Waals surface area contributed by atoms with E-state index in [2.05, 4.69) is 0 Å². The molecule has 0 aromatic heterocycles. The molecule has 1 aliphatic heterocycles. The van der Waals surface area contributed by atoms with Crippen LogP contribution in [0.5, 0.6) is 34.5 Å². The summed E-state index contributed by atoms with van der Waals surface area (Å²) in [5.74, 6) is 3.15. The summed E-state index contributed by atoms with van der Waals surface area (Å²) in [7, 11) is 6.32. The van der Waals surface area contributed by atoms with Crippen LogP contribution in [0.4, 0.5) is 0 Å². The van der Waals surface area contributed by atoms with Gasteiger partial charge in [-0.1, -0.05) is 6.08 Å². The summed E-state index contributed by atoms with van der Waals surface area (Å²) < 4.78 is 34.1. The van der Waals surface area contributed by atoms with E-state index in [1.807, 2.05) is 25.1 Å². The van der Waals surface area contributed by atoms with Crippen molar-refractivity contribution >= 4 is 6.08 Å². The predicted octanol–water partition coefficient (Wildman–Crippen LogP) is 3.83. The van der Waals surface area contributed by atoms with Crippen molar-refractivity contribution in [1.29, 1.82) is 0 Å². The smallest absolute Gasteiger partial charge is 0.231 e. The minimum atomic E-state index is -1.08. The monoisotopic (exact) mass is 414 g/mol. The second-order valence-electron chi connectivity index (χ2n) is 7.57. The first-order chi connectivity index (χ1) is 14.4. The van der Waals surface area contributed by atoms with E-state index in [0.29, 0.717) is 40.9 Å². The van der Waals surface area contributed by atoms with Gasteiger partial charge < -0.3 is 33.5 Å². The quantitative estimate of drug-likeness (QED) is 0.815. The van der Waals surface area contributed by atoms with Gasteiger partial charge >= 0.3 is 0 Å². The molecule has 7 nitrogen and oxygen atoms in total. The van der Waals surface area contributed by atoms with Crippen molar-refractivity contribution in [3.05, 3.63) is 28.8 Å². The largest absolute Gasteiger partial charge is 0.493 e. The molecular weight excluding hydrogens is 388 g/mol. The number of ether oxygens (including phenoxy) is 6. The third kappa shape index (κ3) is 2.92.